The molecule has 1 heterocycles. The van der Waals surface area contributed by atoms with Crippen LogP contribution in [0.25, 0.3) is 0 Å². The summed E-state index contributed by atoms with van der Waals surface area (Å²) in [4.78, 5) is 11.5. The molecule has 1 saturated heterocycles. The molecule has 1 aliphatic heterocycles. The molecule has 6 heteroatoms. The predicted molar refractivity (Wildman–Crippen MR) is 52.9 cm³/mol. The molecule has 1 unspecified atom stereocenters. The van der Waals surface area contributed by atoms with Gasteiger partial charge in [-0.1, -0.05) is 6.92 Å². The molecular weight excluding hydrogens is 204 g/mol. The van der Waals surface area contributed by atoms with Crippen LogP contribution in [0.3, 0.4) is 0 Å². The number of rotatable bonds is 3. The Labute approximate surface area is 84.3 Å². The highest BCUT2D eigenvalue weighted by atomic mass is 32.2. The zero-order valence-electron chi connectivity index (χ0n) is 8.65. The molecule has 82 valence electrons. The third-order valence-electron chi connectivity index (χ3n) is 2.56. The molecule has 1 amide bonds. The highest BCUT2D eigenvalue weighted by Gasteiger charge is 2.59. The summed E-state index contributed by atoms with van der Waals surface area (Å²) < 4.78 is 22.9. The minimum absolute atomic E-state index is 0.00447. The van der Waals surface area contributed by atoms with E-state index in [0.717, 1.165) is 4.31 Å². The van der Waals surface area contributed by atoms with Crippen molar-refractivity contribution in [1.29, 1.82) is 0 Å². The Balaban J connectivity index is 2.82. The van der Waals surface area contributed by atoms with Crippen LogP contribution in [0.1, 0.15) is 20.8 Å². The van der Waals surface area contributed by atoms with Gasteiger partial charge in [0, 0.05) is 6.54 Å². The number of sulfonamides is 1. The van der Waals surface area contributed by atoms with Crippen molar-refractivity contribution in [2.75, 3.05) is 13.1 Å². The van der Waals surface area contributed by atoms with Crippen molar-refractivity contribution in [1.82, 2.24) is 4.31 Å². The Morgan fingerprint density at radius 3 is 2.36 bits per heavy atom. The summed E-state index contributed by atoms with van der Waals surface area (Å²) >= 11 is 0. The first-order chi connectivity index (χ1) is 6.25. The van der Waals surface area contributed by atoms with Gasteiger partial charge in [-0.15, -0.1) is 0 Å². The maximum Gasteiger partial charge on any atom is 0.258 e. The molecule has 0 radical (unpaired) electrons. The molecule has 0 aromatic carbocycles. The van der Waals surface area contributed by atoms with Crippen LogP contribution in [-0.4, -0.2) is 36.5 Å². The van der Waals surface area contributed by atoms with E-state index in [2.05, 4.69) is 0 Å². The van der Waals surface area contributed by atoms with E-state index in [4.69, 9.17) is 5.73 Å². The minimum atomic E-state index is -3.43. The smallest absolute Gasteiger partial charge is 0.258 e. The molecule has 1 atom stereocenters. The number of nitrogens with zero attached hydrogens (tertiary/aromatic N) is 1. The highest BCUT2D eigenvalue weighted by molar-refractivity contribution is 7.94. The maximum atomic E-state index is 11.6. The second-order valence-electron chi connectivity index (χ2n) is 4.19. The molecule has 0 bridgehead atoms. The van der Waals surface area contributed by atoms with Gasteiger partial charge in [0.05, 0.1) is 0 Å². The molecule has 0 saturated carbocycles. The zero-order valence-corrected chi connectivity index (χ0v) is 9.47. The quantitative estimate of drug-likeness (QED) is 0.697. The standard InChI is InChI=1S/C8H16N2O3S/c1-6(4-9)5-10-7(11)8(2,3)14(10,12)13/h6H,4-5,9H2,1-3H3. The number of hydrogen-bond donors (Lipinski definition) is 1. The van der Waals surface area contributed by atoms with E-state index in [0.29, 0.717) is 6.54 Å². The van der Waals surface area contributed by atoms with Crippen LogP contribution < -0.4 is 5.73 Å². The molecule has 1 rings (SSSR count). The fourth-order valence-electron chi connectivity index (χ4n) is 1.29. The van der Waals surface area contributed by atoms with Crippen molar-refractivity contribution in [3.8, 4) is 0 Å². The lowest BCUT2D eigenvalue weighted by molar-refractivity contribution is -0.132. The van der Waals surface area contributed by atoms with Crippen LogP contribution >= 0.6 is 0 Å². The molecule has 1 fully saturated rings. The van der Waals surface area contributed by atoms with Crippen LogP contribution in [0.4, 0.5) is 0 Å². The minimum Gasteiger partial charge on any atom is -0.330 e. The molecule has 0 aromatic heterocycles. The summed E-state index contributed by atoms with van der Waals surface area (Å²) in [7, 11) is -3.43. The van der Waals surface area contributed by atoms with Gasteiger partial charge in [-0.05, 0) is 26.3 Å². The lowest BCUT2D eigenvalue weighted by atomic mass is 10.1. The van der Waals surface area contributed by atoms with Crippen LogP contribution in [0.2, 0.25) is 0 Å². The Hall–Kier alpha value is -0.620. The van der Waals surface area contributed by atoms with Gasteiger partial charge in [0.1, 0.15) is 0 Å². The van der Waals surface area contributed by atoms with Crippen molar-refractivity contribution in [2.24, 2.45) is 11.7 Å². The molecule has 0 aliphatic carbocycles. The first-order valence-electron chi connectivity index (χ1n) is 4.52. The van der Waals surface area contributed by atoms with E-state index < -0.39 is 14.8 Å². The Kier molecular flexibility index (Phi) is 2.62. The van der Waals surface area contributed by atoms with Crippen molar-refractivity contribution in [3.63, 3.8) is 0 Å². The largest absolute Gasteiger partial charge is 0.330 e. The van der Waals surface area contributed by atoms with Crippen LogP contribution in [-0.2, 0) is 14.8 Å². The third kappa shape index (κ3) is 1.33. The van der Waals surface area contributed by atoms with Crippen LogP contribution in [0.5, 0.6) is 0 Å². The van der Waals surface area contributed by atoms with Gasteiger partial charge in [0.15, 0.2) is 4.75 Å². The SMILES string of the molecule is CC(CN)CN1C(=O)C(C)(C)S1(=O)=O. The van der Waals surface area contributed by atoms with Crippen LogP contribution in [0.15, 0.2) is 0 Å². The summed E-state index contributed by atoms with van der Waals surface area (Å²) in [6, 6.07) is 0. The second kappa shape index (κ2) is 3.20. The van der Waals surface area contributed by atoms with E-state index in [1.165, 1.54) is 13.8 Å². The van der Waals surface area contributed by atoms with E-state index in [9.17, 15) is 13.2 Å². The van der Waals surface area contributed by atoms with Gasteiger partial charge in [0.2, 0.25) is 0 Å². The van der Waals surface area contributed by atoms with Crippen LogP contribution in [0, 0.1) is 5.92 Å². The Bertz CT molecular complexity index is 348. The lowest BCUT2D eigenvalue weighted by Crippen LogP contribution is -2.68. The summed E-state index contributed by atoms with van der Waals surface area (Å²) in [5.41, 5.74) is 5.37. The van der Waals surface area contributed by atoms with E-state index >= 15 is 0 Å². The van der Waals surface area contributed by atoms with E-state index in [1.807, 2.05) is 6.92 Å². The third-order valence-corrected chi connectivity index (χ3v) is 4.92. The van der Waals surface area contributed by atoms with Gasteiger partial charge in [-0.3, -0.25) is 4.79 Å². The molecular formula is C8H16N2O3S. The molecule has 14 heavy (non-hydrogen) atoms. The number of nitrogens with two attached hydrogens (primary N) is 1. The molecule has 0 spiro atoms. The summed E-state index contributed by atoms with van der Waals surface area (Å²) in [5, 5.41) is 0. The molecule has 1 aliphatic rings. The average molecular weight is 220 g/mol. The Morgan fingerprint density at radius 1 is 1.50 bits per heavy atom. The maximum absolute atomic E-state index is 11.6. The van der Waals surface area contributed by atoms with Gasteiger partial charge in [-0.2, -0.15) is 0 Å². The fourth-order valence-corrected chi connectivity index (χ4v) is 2.94. The summed E-state index contributed by atoms with van der Waals surface area (Å²) in [5.74, 6) is -0.331. The molecule has 0 aromatic rings. The summed E-state index contributed by atoms with van der Waals surface area (Å²) in [6.45, 7) is 5.23. The monoisotopic (exact) mass is 220 g/mol. The number of carbonyl (C=O) groups excluding carboxylic acids is 1. The van der Waals surface area contributed by atoms with Crippen molar-refractivity contribution in [3.05, 3.63) is 0 Å². The Morgan fingerprint density at radius 2 is 2.00 bits per heavy atom. The normalized spacial score (nSPS) is 25.7. The average Bonchev–Trinajstić information content (AvgIpc) is 2.12. The fraction of sp³-hybridized carbons (Fsp3) is 0.875. The van der Waals surface area contributed by atoms with Gasteiger partial charge >= 0.3 is 0 Å². The van der Waals surface area contributed by atoms with Gasteiger partial charge in [-0.25, -0.2) is 12.7 Å². The molecule has 5 nitrogen and oxygen atoms in total. The first-order valence-corrected chi connectivity index (χ1v) is 5.96. The van der Waals surface area contributed by atoms with E-state index in [-0.39, 0.29) is 18.4 Å². The zero-order chi connectivity index (χ0) is 11.1. The number of carbonyl (C=O) groups is 1. The summed E-state index contributed by atoms with van der Waals surface area (Å²) in [6.07, 6.45) is 0. The van der Waals surface area contributed by atoms with Gasteiger partial charge in [0.25, 0.3) is 15.9 Å². The van der Waals surface area contributed by atoms with Crippen molar-refractivity contribution >= 4 is 15.9 Å². The van der Waals surface area contributed by atoms with Crippen molar-refractivity contribution in [2.45, 2.75) is 25.5 Å². The van der Waals surface area contributed by atoms with Gasteiger partial charge < -0.3 is 5.73 Å². The van der Waals surface area contributed by atoms with Crippen molar-refractivity contribution < 1.29 is 13.2 Å². The number of hydrogen-bond acceptors (Lipinski definition) is 4. The second-order valence-corrected chi connectivity index (χ2v) is 6.60. The predicted octanol–water partition coefficient (Wildman–Crippen LogP) is -0.468. The topological polar surface area (TPSA) is 80.5 Å². The highest BCUT2D eigenvalue weighted by Crippen LogP contribution is 2.35. The van der Waals surface area contributed by atoms with E-state index in [1.54, 1.807) is 0 Å². The molecule has 2 N–H and O–H groups in total. The number of amides is 1. The first kappa shape index (κ1) is 11.5. The lowest BCUT2D eigenvalue weighted by Gasteiger charge is -2.43.